The van der Waals surface area contributed by atoms with Gasteiger partial charge in [-0.25, -0.2) is 0 Å². The number of aromatic hydroxyl groups is 1. The summed E-state index contributed by atoms with van der Waals surface area (Å²) in [4.78, 5) is 16.4. The molecule has 0 aliphatic heterocycles. The van der Waals surface area contributed by atoms with Crippen molar-refractivity contribution in [2.24, 2.45) is 10.9 Å². The molecule has 0 heterocycles. The lowest BCUT2D eigenvalue weighted by Crippen LogP contribution is -2.44. The highest BCUT2D eigenvalue weighted by molar-refractivity contribution is 14.0. The SMILES string of the molecule is CCNC(=NCCNC(=O)c1ccc(O)cc1)NC(C)C(C)C.I. The lowest BCUT2D eigenvalue weighted by Gasteiger charge is -2.20. The zero-order valence-corrected chi connectivity index (χ0v) is 17.1. The number of amides is 1. The van der Waals surface area contributed by atoms with Crippen LogP contribution < -0.4 is 16.0 Å². The largest absolute Gasteiger partial charge is 0.508 e. The number of rotatable bonds is 7. The number of hydrogen-bond acceptors (Lipinski definition) is 3. The van der Waals surface area contributed by atoms with Gasteiger partial charge in [0.15, 0.2) is 5.96 Å². The normalized spacial score (nSPS) is 12.3. The molecule has 1 aromatic rings. The minimum absolute atomic E-state index is 0. The molecule has 24 heavy (non-hydrogen) atoms. The second-order valence-electron chi connectivity index (χ2n) is 5.74. The van der Waals surface area contributed by atoms with E-state index in [2.05, 4.69) is 41.7 Å². The number of nitrogens with one attached hydrogen (secondary N) is 3. The highest BCUT2D eigenvalue weighted by Crippen LogP contribution is 2.09. The van der Waals surface area contributed by atoms with Gasteiger partial charge in [0.2, 0.25) is 0 Å². The number of phenolic OH excluding ortho intramolecular Hbond substituents is 1. The van der Waals surface area contributed by atoms with E-state index >= 15 is 0 Å². The van der Waals surface area contributed by atoms with Crippen LogP contribution in [-0.4, -0.2) is 42.6 Å². The summed E-state index contributed by atoms with van der Waals surface area (Å²) < 4.78 is 0. The number of guanidine groups is 1. The van der Waals surface area contributed by atoms with Crippen molar-refractivity contribution in [2.45, 2.75) is 33.7 Å². The Bertz CT molecular complexity index is 518. The van der Waals surface area contributed by atoms with Gasteiger partial charge in [0.1, 0.15) is 5.75 Å². The standard InChI is InChI=1S/C17H28N4O2.HI/c1-5-18-17(21-13(4)12(2)3)20-11-10-19-16(23)14-6-8-15(22)9-7-14;/h6-9,12-13,22H,5,10-11H2,1-4H3,(H,19,23)(H2,18,20,21);1H. The predicted molar refractivity (Wildman–Crippen MR) is 109 cm³/mol. The van der Waals surface area contributed by atoms with Gasteiger partial charge >= 0.3 is 0 Å². The van der Waals surface area contributed by atoms with Crippen LogP contribution in [0.25, 0.3) is 0 Å². The molecule has 1 unspecified atom stereocenters. The second-order valence-corrected chi connectivity index (χ2v) is 5.74. The zero-order chi connectivity index (χ0) is 17.2. The predicted octanol–water partition coefficient (Wildman–Crippen LogP) is 2.34. The second kappa shape index (κ2) is 11.9. The number of hydrogen-bond donors (Lipinski definition) is 4. The summed E-state index contributed by atoms with van der Waals surface area (Å²) in [6.45, 7) is 10.2. The lowest BCUT2D eigenvalue weighted by atomic mass is 10.1. The maximum atomic E-state index is 11.9. The molecule has 1 amide bonds. The Labute approximate surface area is 161 Å². The lowest BCUT2D eigenvalue weighted by molar-refractivity contribution is 0.0955. The van der Waals surface area contributed by atoms with Crippen LogP contribution in [-0.2, 0) is 0 Å². The molecule has 0 radical (unpaired) electrons. The smallest absolute Gasteiger partial charge is 0.251 e. The van der Waals surface area contributed by atoms with E-state index in [0.29, 0.717) is 30.6 Å². The number of carbonyl (C=O) groups is 1. The van der Waals surface area contributed by atoms with Crippen molar-refractivity contribution in [2.75, 3.05) is 19.6 Å². The Balaban J connectivity index is 0.00000529. The van der Waals surface area contributed by atoms with Gasteiger partial charge < -0.3 is 21.1 Å². The summed E-state index contributed by atoms with van der Waals surface area (Å²) in [7, 11) is 0. The van der Waals surface area contributed by atoms with Crippen LogP contribution >= 0.6 is 24.0 Å². The summed E-state index contributed by atoms with van der Waals surface area (Å²) in [6, 6.07) is 6.48. The van der Waals surface area contributed by atoms with Gasteiger partial charge in [0.05, 0.1) is 6.54 Å². The van der Waals surface area contributed by atoms with Crippen LogP contribution in [0.4, 0.5) is 0 Å². The van der Waals surface area contributed by atoms with Crippen molar-refractivity contribution in [3.05, 3.63) is 29.8 Å². The van der Waals surface area contributed by atoms with Gasteiger partial charge in [-0.05, 0) is 44.0 Å². The third-order valence-electron chi connectivity index (χ3n) is 3.51. The Morgan fingerprint density at radius 1 is 1.17 bits per heavy atom. The van der Waals surface area contributed by atoms with Crippen LogP contribution in [0.3, 0.4) is 0 Å². The molecule has 136 valence electrons. The van der Waals surface area contributed by atoms with Crippen molar-refractivity contribution >= 4 is 35.8 Å². The van der Waals surface area contributed by atoms with Crippen LogP contribution in [0, 0.1) is 5.92 Å². The van der Waals surface area contributed by atoms with Gasteiger partial charge in [-0.15, -0.1) is 24.0 Å². The van der Waals surface area contributed by atoms with Crippen LogP contribution in [0.1, 0.15) is 38.1 Å². The number of nitrogens with zero attached hydrogens (tertiary/aromatic N) is 1. The van der Waals surface area contributed by atoms with E-state index in [-0.39, 0.29) is 35.6 Å². The minimum atomic E-state index is -0.172. The molecular formula is C17H29IN4O2. The summed E-state index contributed by atoms with van der Waals surface area (Å²) in [6.07, 6.45) is 0. The average Bonchev–Trinajstić information content (AvgIpc) is 2.51. The van der Waals surface area contributed by atoms with Crippen molar-refractivity contribution in [1.29, 1.82) is 0 Å². The van der Waals surface area contributed by atoms with E-state index < -0.39 is 0 Å². The number of aliphatic imine (C=N–C) groups is 1. The van der Waals surface area contributed by atoms with Crippen LogP contribution in [0.2, 0.25) is 0 Å². The van der Waals surface area contributed by atoms with E-state index in [1.54, 1.807) is 12.1 Å². The number of phenols is 1. The van der Waals surface area contributed by atoms with E-state index in [1.807, 2.05) is 6.92 Å². The molecule has 0 aliphatic carbocycles. The first-order valence-corrected chi connectivity index (χ1v) is 8.06. The fraction of sp³-hybridized carbons (Fsp3) is 0.529. The minimum Gasteiger partial charge on any atom is -0.508 e. The van der Waals surface area contributed by atoms with Gasteiger partial charge in [0, 0.05) is 24.7 Å². The molecule has 0 saturated carbocycles. The average molecular weight is 448 g/mol. The van der Waals surface area contributed by atoms with Crippen molar-refractivity contribution < 1.29 is 9.90 Å². The molecule has 0 bridgehead atoms. The van der Waals surface area contributed by atoms with Gasteiger partial charge in [-0.2, -0.15) is 0 Å². The highest BCUT2D eigenvalue weighted by Gasteiger charge is 2.09. The first-order chi connectivity index (χ1) is 10.9. The molecular weight excluding hydrogens is 419 g/mol. The maximum Gasteiger partial charge on any atom is 0.251 e. The molecule has 0 spiro atoms. The molecule has 1 rings (SSSR count). The maximum absolute atomic E-state index is 11.9. The van der Waals surface area contributed by atoms with Gasteiger partial charge in [-0.1, -0.05) is 13.8 Å². The van der Waals surface area contributed by atoms with E-state index in [0.717, 1.165) is 12.5 Å². The highest BCUT2D eigenvalue weighted by atomic mass is 127. The molecule has 0 saturated heterocycles. The summed E-state index contributed by atoms with van der Waals surface area (Å²) >= 11 is 0. The quantitative estimate of drug-likeness (QED) is 0.223. The first kappa shape index (κ1) is 22.5. The van der Waals surface area contributed by atoms with Crippen LogP contribution in [0.5, 0.6) is 5.75 Å². The molecule has 0 fully saturated rings. The van der Waals surface area contributed by atoms with Crippen molar-refractivity contribution in [3.8, 4) is 5.75 Å². The molecule has 4 N–H and O–H groups in total. The Morgan fingerprint density at radius 2 is 1.79 bits per heavy atom. The van der Waals surface area contributed by atoms with E-state index in [9.17, 15) is 9.90 Å². The number of benzene rings is 1. The molecule has 1 aromatic carbocycles. The third-order valence-corrected chi connectivity index (χ3v) is 3.51. The zero-order valence-electron chi connectivity index (χ0n) is 14.8. The summed E-state index contributed by atoms with van der Waals surface area (Å²) in [5.41, 5.74) is 0.519. The molecule has 6 nitrogen and oxygen atoms in total. The fourth-order valence-corrected chi connectivity index (χ4v) is 1.75. The van der Waals surface area contributed by atoms with E-state index in [4.69, 9.17) is 0 Å². The topological polar surface area (TPSA) is 85.8 Å². The van der Waals surface area contributed by atoms with E-state index in [1.165, 1.54) is 12.1 Å². The summed E-state index contributed by atoms with van der Waals surface area (Å²) in [5.74, 6) is 1.24. The Kier molecular flexibility index (Phi) is 11.2. The van der Waals surface area contributed by atoms with Crippen LogP contribution in [0.15, 0.2) is 29.3 Å². The molecule has 1 atom stereocenters. The Morgan fingerprint density at radius 3 is 2.33 bits per heavy atom. The monoisotopic (exact) mass is 448 g/mol. The molecule has 0 aliphatic rings. The van der Waals surface area contributed by atoms with Crippen molar-refractivity contribution in [3.63, 3.8) is 0 Å². The molecule has 7 heteroatoms. The van der Waals surface area contributed by atoms with Gasteiger partial charge in [0.25, 0.3) is 5.91 Å². The van der Waals surface area contributed by atoms with Gasteiger partial charge in [-0.3, -0.25) is 9.79 Å². The van der Waals surface area contributed by atoms with Crippen molar-refractivity contribution in [1.82, 2.24) is 16.0 Å². The number of carbonyl (C=O) groups excluding carboxylic acids is 1. The fourth-order valence-electron chi connectivity index (χ4n) is 1.75. The Hall–Kier alpha value is -1.51. The molecule has 0 aromatic heterocycles. The number of halogens is 1. The summed E-state index contributed by atoms with van der Waals surface area (Å²) in [5, 5.41) is 18.6. The third kappa shape index (κ3) is 8.37. The first-order valence-electron chi connectivity index (χ1n) is 8.06.